The predicted molar refractivity (Wildman–Crippen MR) is 64.5 cm³/mol. The van der Waals surface area contributed by atoms with E-state index in [9.17, 15) is 0 Å². The third-order valence-electron chi connectivity index (χ3n) is 2.87. The molecule has 0 aliphatic heterocycles. The van der Waals surface area contributed by atoms with Gasteiger partial charge in [0.05, 0.1) is 0 Å². The van der Waals surface area contributed by atoms with Gasteiger partial charge < -0.3 is 0 Å². The molecule has 0 fully saturated rings. The molecule has 0 spiro atoms. The largest absolute Gasteiger partial charge is 0.0845 e. The van der Waals surface area contributed by atoms with Gasteiger partial charge in [-0.15, -0.1) is 0 Å². The van der Waals surface area contributed by atoms with Crippen LogP contribution in [0.3, 0.4) is 0 Å². The van der Waals surface area contributed by atoms with Crippen molar-refractivity contribution < 1.29 is 0 Å². The van der Waals surface area contributed by atoms with Crippen molar-refractivity contribution >= 4 is 0 Å². The van der Waals surface area contributed by atoms with Gasteiger partial charge in [-0.25, -0.2) is 0 Å². The van der Waals surface area contributed by atoms with Crippen LogP contribution in [0, 0.1) is 0 Å². The third kappa shape index (κ3) is 6.94. The Labute approximate surface area is 89.1 Å². The highest BCUT2D eigenvalue weighted by atomic mass is 14.0. The first-order valence-electron chi connectivity index (χ1n) is 6.32. The Kier molecular flexibility index (Phi) is 7.47. The van der Waals surface area contributed by atoms with Gasteiger partial charge in [0.2, 0.25) is 0 Å². The van der Waals surface area contributed by atoms with Gasteiger partial charge in [-0.2, -0.15) is 0 Å². The predicted octanol–water partition coefficient (Wildman–Crippen LogP) is 5.01. The molecule has 0 unspecified atom stereocenters. The van der Waals surface area contributed by atoms with Crippen LogP contribution in [-0.4, -0.2) is 0 Å². The van der Waals surface area contributed by atoms with E-state index in [2.05, 4.69) is 24.3 Å². The van der Waals surface area contributed by atoms with Crippen LogP contribution < -0.4 is 0 Å². The molecule has 0 atom stereocenters. The van der Waals surface area contributed by atoms with Crippen molar-refractivity contribution in [1.82, 2.24) is 0 Å². The fourth-order valence-electron chi connectivity index (χ4n) is 1.93. The Morgan fingerprint density at radius 2 is 0.786 bits per heavy atom. The lowest BCUT2D eigenvalue weighted by atomic mass is 10.1. The minimum absolute atomic E-state index is 1.27. The molecule has 1 aliphatic carbocycles. The summed E-state index contributed by atoms with van der Waals surface area (Å²) in [6, 6.07) is 0. The first-order valence-corrected chi connectivity index (χ1v) is 6.32. The van der Waals surface area contributed by atoms with Crippen molar-refractivity contribution in [3.63, 3.8) is 0 Å². The van der Waals surface area contributed by atoms with Crippen LogP contribution in [0.2, 0.25) is 0 Å². The second-order valence-electron chi connectivity index (χ2n) is 4.26. The molecule has 0 N–H and O–H groups in total. The summed E-state index contributed by atoms with van der Waals surface area (Å²) < 4.78 is 0. The van der Waals surface area contributed by atoms with Crippen LogP contribution in [0.25, 0.3) is 0 Å². The summed E-state index contributed by atoms with van der Waals surface area (Å²) >= 11 is 0. The van der Waals surface area contributed by atoms with Crippen molar-refractivity contribution in [2.75, 3.05) is 0 Å². The molecule has 0 radical (unpaired) electrons. The molecule has 0 amide bonds. The van der Waals surface area contributed by atoms with Gasteiger partial charge in [-0.3, -0.25) is 0 Å². The summed E-state index contributed by atoms with van der Waals surface area (Å²) in [6.07, 6.45) is 23.0. The van der Waals surface area contributed by atoms with Gasteiger partial charge in [0.25, 0.3) is 0 Å². The Morgan fingerprint density at radius 1 is 0.429 bits per heavy atom. The number of hydrogen-bond donors (Lipinski definition) is 0. The van der Waals surface area contributed by atoms with Crippen molar-refractivity contribution in [2.24, 2.45) is 0 Å². The Morgan fingerprint density at radius 3 is 1.21 bits per heavy atom. The van der Waals surface area contributed by atoms with Crippen LogP contribution in [0.5, 0.6) is 0 Å². The van der Waals surface area contributed by atoms with Crippen LogP contribution in [0.1, 0.15) is 64.2 Å². The molecule has 1 rings (SSSR count). The van der Waals surface area contributed by atoms with Crippen molar-refractivity contribution in [3.8, 4) is 0 Å². The lowest BCUT2D eigenvalue weighted by Crippen LogP contribution is -1.81. The molecular formula is C14H24. The second-order valence-corrected chi connectivity index (χ2v) is 4.26. The quantitative estimate of drug-likeness (QED) is 0.506. The van der Waals surface area contributed by atoms with Gasteiger partial charge in [-0.05, 0) is 25.7 Å². The molecule has 0 bridgehead atoms. The molecule has 80 valence electrons. The van der Waals surface area contributed by atoms with E-state index in [0.29, 0.717) is 0 Å². The van der Waals surface area contributed by atoms with E-state index < -0.39 is 0 Å². The van der Waals surface area contributed by atoms with Gasteiger partial charge in [0, 0.05) is 0 Å². The SMILES string of the molecule is C1=C\CCCCCCCCCC\C=C/1. The third-order valence-corrected chi connectivity index (χ3v) is 2.87. The minimum Gasteiger partial charge on any atom is -0.0845 e. The zero-order valence-electron chi connectivity index (χ0n) is 9.38. The lowest BCUT2D eigenvalue weighted by molar-refractivity contribution is 0.571. The fraction of sp³-hybridized carbons (Fsp3) is 0.714. The van der Waals surface area contributed by atoms with Gasteiger partial charge in [0.1, 0.15) is 0 Å². The smallest absolute Gasteiger partial charge is 0.0348 e. The van der Waals surface area contributed by atoms with Crippen LogP contribution in [0.15, 0.2) is 24.3 Å². The molecule has 0 saturated heterocycles. The number of allylic oxidation sites excluding steroid dienone is 4. The average molecular weight is 192 g/mol. The van der Waals surface area contributed by atoms with E-state index >= 15 is 0 Å². The molecule has 0 aromatic heterocycles. The number of hydrogen-bond acceptors (Lipinski definition) is 0. The molecule has 0 nitrogen and oxygen atoms in total. The van der Waals surface area contributed by atoms with E-state index in [1.807, 2.05) is 0 Å². The minimum atomic E-state index is 1.27. The normalized spacial score (nSPS) is 26.3. The maximum absolute atomic E-state index is 2.31. The van der Waals surface area contributed by atoms with Crippen LogP contribution >= 0.6 is 0 Å². The van der Waals surface area contributed by atoms with E-state index in [0.717, 1.165) is 0 Å². The summed E-state index contributed by atoms with van der Waals surface area (Å²) in [5, 5.41) is 0. The maximum Gasteiger partial charge on any atom is -0.0348 e. The maximum atomic E-state index is 2.31. The topological polar surface area (TPSA) is 0 Å². The van der Waals surface area contributed by atoms with Crippen molar-refractivity contribution in [3.05, 3.63) is 24.3 Å². The Bertz CT molecular complexity index is 145. The Hall–Kier alpha value is -0.520. The molecular weight excluding hydrogens is 168 g/mol. The van der Waals surface area contributed by atoms with E-state index in [4.69, 9.17) is 0 Å². The highest BCUT2D eigenvalue weighted by Crippen LogP contribution is 2.11. The van der Waals surface area contributed by atoms with E-state index in [1.165, 1.54) is 64.2 Å². The highest BCUT2D eigenvalue weighted by molar-refractivity contribution is 5.02. The fourth-order valence-corrected chi connectivity index (χ4v) is 1.93. The first-order chi connectivity index (χ1) is 7.00. The van der Waals surface area contributed by atoms with Crippen LogP contribution in [-0.2, 0) is 0 Å². The van der Waals surface area contributed by atoms with E-state index in [-0.39, 0.29) is 0 Å². The summed E-state index contributed by atoms with van der Waals surface area (Å²) in [7, 11) is 0. The second kappa shape index (κ2) is 9.05. The molecule has 0 heteroatoms. The molecule has 0 saturated carbocycles. The average Bonchev–Trinajstić information content (AvgIpc) is 2.22. The number of rotatable bonds is 0. The molecule has 1 aliphatic rings. The van der Waals surface area contributed by atoms with E-state index in [1.54, 1.807) is 0 Å². The standard InChI is InChI=1S/C14H24/c1-2-4-6-8-10-12-14-13-11-9-7-5-3-1/h1-4H,5-14H2/b3-1-,4-2-. The van der Waals surface area contributed by atoms with Crippen molar-refractivity contribution in [2.45, 2.75) is 64.2 Å². The molecule has 14 heavy (non-hydrogen) atoms. The zero-order valence-corrected chi connectivity index (χ0v) is 9.38. The lowest BCUT2D eigenvalue weighted by Gasteiger charge is -2.01. The highest BCUT2D eigenvalue weighted by Gasteiger charge is 1.91. The zero-order chi connectivity index (χ0) is 9.90. The summed E-state index contributed by atoms with van der Waals surface area (Å²) in [5.74, 6) is 0. The van der Waals surface area contributed by atoms with Gasteiger partial charge >= 0.3 is 0 Å². The van der Waals surface area contributed by atoms with Gasteiger partial charge in [0.15, 0.2) is 0 Å². The van der Waals surface area contributed by atoms with Gasteiger partial charge in [-0.1, -0.05) is 62.8 Å². The first kappa shape index (κ1) is 11.6. The Balaban J connectivity index is 2.17. The van der Waals surface area contributed by atoms with Crippen LogP contribution in [0.4, 0.5) is 0 Å². The monoisotopic (exact) mass is 192 g/mol. The molecule has 0 aromatic carbocycles. The molecule has 0 heterocycles. The van der Waals surface area contributed by atoms with Crippen molar-refractivity contribution in [1.29, 1.82) is 0 Å². The summed E-state index contributed by atoms with van der Waals surface area (Å²) in [5.41, 5.74) is 0. The summed E-state index contributed by atoms with van der Waals surface area (Å²) in [6.45, 7) is 0. The summed E-state index contributed by atoms with van der Waals surface area (Å²) in [4.78, 5) is 0. The molecule has 0 aromatic rings.